The summed E-state index contributed by atoms with van der Waals surface area (Å²) in [5.41, 5.74) is 6.26. The number of piperidine rings is 1. The fourth-order valence-electron chi connectivity index (χ4n) is 3.37. The Hall–Kier alpha value is -0.870. The summed E-state index contributed by atoms with van der Waals surface area (Å²) in [5.74, 6) is 0. The molecule has 0 saturated carbocycles. The summed E-state index contributed by atoms with van der Waals surface area (Å²) in [6.45, 7) is 3.50. The maximum absolute atomic E-state index is 5.70. The summed E-state index contributed by atoms with van der Waals surface area (Å²) < 4.78 is 0. The van der Waals surface area contributed by atoms with Crippen molar-refractivity contribution < 1.29 is 0 Å². The summed E-state index contributed by atoms with van der Waals surface area (Å²) in [6, 6.07) is 0. The summed E-state index contributed by atoms with van der Waals surface area (Å²) in [5, 5.41) is 0.692. The van der Waals surface area contributed by atoms with Gasteiger partial charge < -0.3 is 5.73 Å². The predicted octanol–water partition coefficient (Wildman–Crippen LogP) is 3.05. The summed E-state index contributed by atoms with van der Waals surface area (Å²) in [6.07, 6.45) is 13.3. The number of anilines is 1. The largest absolute Gasteiger partial charge is 0.375 e. The highest BCUT2D eigenvalue weighted by Crippen LogP contribution is 2.41. The Labute approximate surface area is 113 Å². The van der Waals surface area contributed by atoms with E-state index in [0.29, 0.717) is 10.5 Å². The van der Waals surface area contributed by atoms with E-state index < -0.39 is 0 Å². The molecule has 2 heterocycles. The van der Waals surface area contributed by atoms with E-state index in [9.17, 15) is 0 Å². The second-order valence-corrected chi connectivity index (χ2v) is 6.84. The summed E-state index contributed by atoms with van der Waals surface area (Å²) in [4.78, 5) is 8.04. The number of thiazole rings is 1. The first-order chi connectivity index (χ1) is 8.76. The van der Waals surface area contributed by atoms with Gasteiger partial charge in [-0.3, -0.25) is 4.90 Å². The monoisotopic (exact) mass is 263 g/mol. The lowest BCUT2D eigenvalue weighted by Gasteiger charge is -2.43. The van der Waals surface area contributed by atoms with Gasteiger partial charge in [0.05, 0.1) is 0 Å². The van der Waals surface area contributed by atoms with Crippen molar-refractivity contribution >= 4 is 16.5 Å². The van der Waals surface area contributed by atoms with Crippen molar-refractivity contribution in [2.75, 3.05) is 18.8 Å². The van der Waals surface area contributed by atoms with Crippen molar-refractivity contribution in [1.29, 1.82) is 0 Å². The van der Waals surface area contributed by atoms with E-state index in [-0.39, 0.29) is 0 Å². The third-order valence-corrected chi connectivity index (χ3v) is 5.06. The molecule has 98 valence electrons. The third kappa shape index (κ3) is 2.59. The van der Waals surface area contributed by atoms with Gasteiger partial charge in [-0.25, -0.2) is 4.98 Å². The van der Waals surface area contributed by atoms with Crippen LogP contribution in [0.3, 0.4) is 0 Å². The first-order valence-electron chi connectivity index (χ1n) is 6.83. The number of nitrogens with two attached hydrogens (primary N) is 1. The van der Waals surface area contributed by atoms with E-state index >= 15 is 0 Å². The molecule has 1 saturated heterocycles. The Morgan fingerprint density at radius 1 is 1.39 bits per heavy atom. The van der Waals surface area contributed by atoms with Gasteiger partial charge in [-0.1, -0.05) is 12.2 Å². The lowest BCUT2D eigenvalue weighted by Crippen LogP contribution is -2.43. The molecule has 18 heavy (non-hydrogen) atoms. The molecule has 2 N–H and O–H groups in total. The van der Waals surface area contributed by atoms with Gasteiger partial charge in [-0.05, 0) is 44.1 Å². The first kappa shape index (κ1) is 12.2. The highest BCUT2D eigenvalue weighted by molar-refractivity contribution is 7.15. The fourth-order valence-corrected chi connectivity index (χ4v) is 4.10. The van der Waals surface area contributed by atoms with Crippen LogP contribution in [-0.2, 0) is 6.54 Å². The number of aromatic nitrogens is 1. The molecule has 1 aliphatic heterocycles. The van der Waals surface area contributed by atoms with Crippen LogP contribution in [0.25, 0.3) is 0 Å². The summed E-state index contributed by atoms with van der Waals surface area (Å²) in [7, 11) is 0. The molecule has 1 aromatic heterocycles. The lowest BCUT2D eigenvalue weighted by atomic mass is 9.71. The molecule has 0 amide bonds. The van der Waals surface area contributed by atoms with E-state index in [0.717, 1.165) is 6.54 Å². The standard InChI is InChI=1S/C14H21N3S/c15-13-16-9-12(18-13)10-17-8-4-7-14(11-17)5-2-1-3-6-14/h1-2,9H,3-8,10-11H2,(H2,15,16). The Kier molecular flexibility index (Phi) is 3.39. The molecule has 1 unspecified atom stereocenters. The van der Waals surface area contributed by atoms with Crippen molar-refractivity contribution in [1.82, 2.24) is 9.88 Å². The molecule has 0 bridgehead atoms. The zero-order valence-corrected chi connectivity index (χ0v) is 11.6. The van der Waals surface area contributed by atoms with Gasteiger partial charge in [0.1, 0.15) is 0 Å². The molecule has 0 radical (unpaired) electrons. The van der Waals surface area contributed by atoms with Crippen molar-refractivity contribution in [2.24, 2.45) is 5.41 Å². The number of likely N-dealkylation sites (tertiary alicyclic amines) is 1. The Balaban J connectivity index is 1.65. The number of rotatable bonds is 2. The molecular weight excluding hydrogens is 242 g/mol. The van der Waals surface area contributed by atoms with Crippen molar-refractivity contribution in [2.45, 2.75) is 38.6 Å². The van der Waals surface area contributed by atoms with Crippen molar-refractivity contribution in [3.63, 3.8) is 0 Å². The molecule has 1 atom stereocenters. The molecule has 1 fully saturated rings. The van der Waals surface area contributed by atoms with Gasteiger partial charge in [-0.15, -0.1) is 11.3 Å². The first-order valence-corrected chi connectivity index (χ1v) is 7.65. The zero-order chi connectivity index (χ0) is 12.4. The average Bonchev–Trinajstić information content (AvgIpc) is 2.76. The molecule has 1 spiro atoms. The topological polar surface area (TPSA) is 42.1 Å². The lowest BCUT2D eigenvalue weighted by molar-refractivity contribution is 0.0747. The minimum absolute atomic E-state index is 0.559. The van der Waals surface area contributed by atoms with E-state index in [1.54, 1.807) is 11.3 Å². The van der Waals surface area contributed by atoms with Gasteiger partial charge in [0.2, 0.25) is 0 Å². The molecular formula is C14H21N3S. The zero-order valence-electron chi connectivity index (χ0n) is 10.8. The average molecular weight is 263 g/mol. The maximum atomic E-state index is 5.70. The Morgan fingerprint density at radius 2 is 2.33 bits per heavy atom. The van der Waals surface area contributed by atoms with E-state index in [2.05, 4.69) is 22.0 Å². The number of allylic oxidation sites excluding steroid dienone is 2. The molecule has 0 aromatic carbocycles. The van der Waals surface area contributed by atoms with E-state index in [1.807, 2.05) is 6.20 Å². The fraction of sp³-hybridized carbons (Fsp3) is 0.643. The smallest absolute Gasteiger partial charge is 0.180 e. The molecule has 1 aromatic rings. The van der Waals surface area contributed by atoms with Crippen LogP contribution in [0.15, 0.2) is 18.3 Å². The maximum Gasteiger partial charge on any atom is 0.180 e. The third-order valence-electron chi connectivity index (χ3n) is 4.25. The van der Waals surface area contributed by atoms with Gasteiger partial charge in [0.15, 0.2) is 5.13 Å². The van der Waals surface area contributed by atoms with Crippen molar-refractivity contribution in [3.8, 4) is 0 Å². The van der Waals surface area contributed by atoms with Crippen LogP contribution in [0.4, 0.5) is 5.13 Å². The van der Waals surface area contributed by atoms with Gasteiger partial charge in [0.25, 0.3) is 0 Å². The van der Waals surface area contributed by atoms with Crippen LogP contribution in [0.2, 0.25) is 0 Å². The second-order valence-electron chi connectivity index (χ2n) is 5.69. The van der Waals surface area contributed by atoms with Crippen LogP contribution in [0, 0.1) is 5.41 Å². The number of hydrogen-bond acceptors (Lipinski definition) is 4. The second kappa shape index (κ2) is 5.02. The Bertz CT molecular complexity index is 440. The number of nitrogens with zero attached hydrogens (tertiary/aromatic N) is 2. The predicted molar refractivity (Wildman–Crippen MR) is 76.5 cm³/mol. The van der Waals surface area contributed by atoms with Gasteiger partial charge >= 0.3 is 0 Å². The highest BCUT2D eigenvalue weighted by atomic mass is 32.1. The molecule has 3 rings (SSSR count). The quantitative estimate of drug-likeness (QED) is 0.834. The van der Waals surface area contributed by atoms with Gasteiger partial charge in [-0.2, -0.15) is 0 Å². The van der Waals surface area contributed by atoms with E-state index in [4.69, 9.17) is 5.73 Å². The minimum atomic E-state index is 0.559. The SMILES string of the molecule is Nc1ncc(CN2CCCC3(CC=CCC3)C2)s1. The molecule has 4 heteroatoms. The Morgan fingerprint density at radius 3 is 3.06 bits per heavy atom. The van der Waals surface area contributed by atoms with Crippen LogP contribution in [0.1, 0.15) is 37.0 Å². The highest BCUT2D eigenvalue weighted by Gasteiger charge is 2.34. The number of nitrogen functional groups attached to an aromatic ring is 1. The van der Waals surface area contributed by atoms with Crippen molar-refractivity contribution in [3.05, 3.63) is 23.2 Å². The van der Waals surface area contributed by atoms with E-state index in [1.165, 1.54) is 50.1 Å². The normalized spacial score (nSPS) is 28.9. The van der Waals surface area contributed by atoms with Crippen LogP contribution < -0.4 is 5.73 Å². The number of hydrogen-bond donors (Lipinski definition) is 1. The summed E-state index contributed by atoms with van der Waals surface area (Å²) >= 11 is 1.63. The molecule has 1 aliphatic carbocycles. The molecule has 2 aliphatic rings. The van der Waals surface area contributed by atoms with Crippen LogP contribution >= 0.6 is 11.3 Å². The van der Waals surface area contributed by atoms with Crippen LogP contribution in [-0.4, -0.2) is 23.0 Å². The minimum Gasteiger partial charge on any atom is -0.375 e. The van der Waals surface area contributed by atoms with Gasteiger partial charge in [0, 0.05) is 24.2 Å². The molecule has 3 nitrogen and oxygen atoms in total. The van der Waals surface area contributed by atoms with Crippen LogP contribution in [0.5, 0.6) is 0 Å².